The maximum atomic E-state index is 12.4. The number of aromatic nitrogens is 4. The molecule has 8 heteroatoms. The van der Waals surface area contributed by atoms with Gasteiger partial charge in [0.15, 0.2) is 5.82 Å². The first-order chi connectivity index (χ1) is 13.7. The normalized spacial score (nSPS) is 14.1. The molecule has 28 heavy (non-hydrogen) atoms. The minimum Gasteiger partial charge on any atom is -0.378 e. The van der Waals surface area contributed by atoms with E-state index in [0.29, 0.717) is 11.6 Å². The first-order valence-electron chi connectivity index (χ1n) is 9.23. The number of benzene rings is 1. The highest BCUT2D eigenvalue weighted by molar-refractivity contribution is 5.91. The van der Waals surface area contributed by atoms with Crippen LogP contribution in [0.1, 0.15) is 5.82 Å². The number of ether oxygens (including phenoxy) is 1. The van der Waals surface area contributed by atoms with Gasteiger partial charge >= 0.3 is 0 Å². The standard InChI is InChI=1S/C20H22N6O2/c1-25-18(23-24-20(25)15-5-3-2-4-6-15)13-19(27)22-17-8-7-16(14-21-17)26-9-11-28-12-10-26/h2-8,14H,9-13H2,1H3,(H,21,22,27). The molecule has 144 valence electrons. The maximum absolute atomic E-state index is 12.4. The van der Waals surface area contributed by atoms with Crippen LogP contribution >= 0.6 is 0 Å². The van der Waals surface area contributed by atoms with Gasteiger partial charge in [-0.2, -0.15) is 0 Å². The Balaban J connectivity index is 1.39. The highest BCUT2D eigenvalue weighted by atomic mass is 16.5. The SMILES string of the molecule is Cn1c(CC(=O)Nc2ccc(N3CCOCC3)cn2)nnc1-c1ccccc1. The van der Waals surface area contributed by atoms with Gasteiger partial charge in [-0.25, -0.2) is 4.98 Å². The number of carbonyl (C=O) groups excluding carboxylic acids is 1. The van der Waals surface area contributed by atoms with Crippen LogP contribution in [0.5, 0.6) is 0 Å². The van der Waals surface area contributed by atoms with Crippen molar-refractivity contribution in [3.63, 3.8) is 0 Å². The van der Waals surface area contributed by atoms with E-state index in [-0.39, 0.29) is 12.3 Å². The van der Waals surface area contributed by atoms with Crippen LogP contribution in [0.25, 0.3) is 11.4 Å². The Morgan fingerprint density at radius 3 is 2.61 bits per heavy atom. The van der Waals surface area contributed by atoms with Crippen molar-refractivity contribution in [3.8, 4) is 11.4 Å². The second-order valence-electron chi connectivity index (χ2n) is 6.59. The fourth-order valence-corrected chi connectivity index (χ4v) is 3.15. The fourth-order valence-electron chi connectivity index (χ4n) is 3.15. The lowest BCUT2D eigenvalue weighted by atomic mass is 10.2. The molecule has 1 fully saturated rings. The third-order valence-electron chi connectivity index (χ3n) is 4.71. The van der Waals surface area contributed by atoms with E-state index in [2.05, 4.69) is 25.4 Å². The van der Waals surface area contributed by atoms with E-state index in [4.69, 9.17) is 4.74 Å². The number of morpholine rings is 1. The van der Waals surface area contributed by atoms with Crippen molar-refractivity contribution < 1.29 is 9.53 Å². The van der Waals surface area contributed by atoms with Crippen molar-refractivity contribution >= 4 is 17.4 Å². The Hall–Kier alpha value is -3.26. The zero-order valence-corrected chi connectivity index (χ0v) is 15.7. The van der Waals surface area contributed by atoms with Gasteiger partial charge in [0.25, 0.3) is 0 Å². The first-order valence-corrected chi connectivity index (χ1v) is 9.23. The number of nitrogens with one attached hydrogen (secondary N) is 1. The van der Waals surface area contributed by atoms with Crippen LogP contribution in [-0.4, -0.2) is 52.0 Å². The number of hydrogen-bond donors (Lipinski definition) is 1. The average molecular weight is 378 g/mol. The predicted octanol–water partition coefficient (Wildman–Crippen LogP) is 1.89. The van der Waals surface area contributed by atoms with Gasteiger partial charge in [-0.15, -0.1) is 10.2 Å². The molecule has 0 aliphatic carbocycles. The van der Waals surface area contributed by atoms with Crippen LogP contribution < -0.4 is 10.2 Å². The van der Waals surface area contributed by atoms with E-state index in [1.807, 2.05) is 54.1 Å². The summed E-state index contributed by atoms with van der Waals surface area (Å²) in [5.41, 5.74) is 1.99. The molecule has 3 aromatic rings. The van der Waals surface area contributed by atoms with Crippen molar-refractivity contribution in [1.82, 2.24) is 19.7 Å². The van der Waals surface area contributed by atoms with Gasteiger partial charge < -0.3 is 19.5 Å². The zero-order valence-electron chi connectivity index (χ0n) is 15.7. The van der Waals surface area contributed by atoms with Crippen LogP contribution in [0, 0.1) is 0 Å². The summed E-state index contributed by atoms with van der Waals surface area (Å²) < 4.78 is 7.20. The van der Waals surface area contributed by atoms with E-state index in [0.717, 1.165) is 43.4 Å². The number of rotatable bonds is 5. The van der Waals surface area contributed by atoms with Gasteiger partial charge in [-0.1, -0.05) is 30.3 Å². The van der Waals surface area contributed by atoms with Crippen molar-refractivity contribution in [2.24, 2.45) is 7.05 Å². The van der Waals surface area contributed by atoms with Crippen molar-refractivity contribution in [3.05, 3.63) is 54.5 Å². The van der Waals surface area contributed by atoms with E-state index in [1.165, 1.54) is 0 Å². The number of anilines is 2. The van der Waals surface area contributed by atoms with Crippen LogP contribution in [0.4, 0.5) is 11.5 Å². The monoisotopic (exact) mass is 378 g/mol. The van der Waals surface area contributed by atoms with E-state index in [9.17, 15) is 4.79 Å². The molecule has 1 amide bonds. The average Bonchev–Trinajstić information content (AvgIpc) is 3.10. The third kappa shape index (κ3) is 4.01. The molecular weight excluding hydrogens is 356 g/mol. The largest absolute Gasteiger partial charge is 0.378 e. The maximum Gasteiger partial charge on any atom is 0.233 e. The molecule has 0 saturated carbocycles. The Kier molecular flexibility index (Phi) is 5.29. The number of hydrogen-bond acceptors (Lipinski definition) is 6. The van der Waals surface area contributed by atoms with Gasteiger partial charge in [0.1, 0.15) is 11.6 Å². The van der Waals surface area contributed by atoms with E-state index in [1.54, 1.807) is 6.20 Å². The van der Waals surface area contributed by atoms with Crippen LogP contribution in [0.15, 0.2) is 48.7 Å². The Bertz CT molecular complexity index is 933. The van der Waals surface area contributed by atoms with Gasteiger partial charge in [0, 0.05) is 25.7 Å². The minimum atomic E-state index is -0.179. The Morgan fingerprint density at radius 2 is 1.89 bits per heavy atom. The molecule has 0 atom stereocenters. The predicted molar refractivity (Wildman–Crippen MR) is 106 cm³/mol. The lowest BCUT2D eigenvalue weighted by Crippen LogP contribution is -2.36. The van der Waals surface area contributed by atoms with Crippen molar-refractivity contribution in [2.45, 2.75) is 6.42 Å². The first kappa shape index (κ1) is 18.1. The molecular formula is C20H22N6O2. The van der Waals surface area contributed by atoms with Gasteiger partial charge in [-0.05, 0) is 12.1 Å². The lowest BCUT2D eigenvalue weighted by Gasteiger charge is -2.28. The summed E-state index contributed by atoms with van der Waals surface area (Å²) in [7, 11) is 1.86. The summed E-state index contributed by atoms with van der Waals surface area (Å²) >= 11 is 0. The van der Waals surface area contributed by atoms with Crippen molar-refractivity contribution in [1.29, 1.82) is 0 Å². The topological polar surface area (TPSA) is 85.2 Å². The molecule has 0 spiro atoms. The van der Waals surface area contributed by atoms with Crippen LogP contribution in [-0.2, 0) is 23.0 Å². The summed E-state index contributed by atoms with van der Waals surface area (Å²) in [5, 5.41) is 11.2. The summed E-state index contributed by atoms with van der Waals surface area (Å²) in [6.07, 6.45) is 1.90. The molecule has 4 rings (SSSR count). The Labute approximate surface area is 163 Å². The number of amides is 1. The molecule has 8 nitrogen and oxygen atoms in total. The molecule has 0 unspecified atom stereocenters. The molecule has 1 saturated heterocycles. The summed E-state index contributed by atoms with van der Waals surface area (Å²) in [6, 6.07) is 13.6. The number of carbonyl (C=O) groups is 1. The van der Waals surface area contributed by atoms with E-state index >= 15 is 0 Å². The fraction of sp³-hybridized carbons (Fsp3) is 0.300. The minimum absolute atomic E-state index is 0.128. The molecule has 1 aromatic carbocycles. The van der Waals surface area contributed by atoms with Gasteiger partial charge in [0.05, 0.1) is 31.5 Å². The van der Waals surface area contributed by atoms with Gasteiger partial charge in [0.2, 0.25) is 5.91 Å². The highest BCUT2D eigenvalue weighted by Gasteiger charge is 2.15. The van der Waals surface area contributed by atoms with Gasteiger partial charge in [-0.3, -0.25) is 4.79 Å². The number of nitrogens with zero attached hydrogens (tertiary/aromatic N) is 5. The smallest absolute Gasteiger partial charge is 0.233 e. The second-order valence-corrected chi connectivity index (χ2v) is 6.59. The van der Waals surface area contributed by atoms with Crippen LogP contribution in [0.3, 0.4) is 0 Å². The summed E-state index contributed by atoms with van der Waals surface area (Å²) in [5.74, 6) is 1.67. The quantitative estimate of drug-likeness (QED) is 0.730. The highest BCUT2D eigenvalue weighted by Crippen LogP contribution is 2.18. The zero-order chi connectivity index (χ0) is 19.3. The lowest BCUT2D eigenvalue weighted by molar-refractivity contribution is -0.115. The van der Waals surface area contributed by atoms with Crippen molar-refractivity contribution in [2.75, 3.05) is 36.5 Å². The van der Waals surface area contributed by atoms with Crippen LogP contribution in [0.2, 0.25) is 0 Å². The number of pyridine rings is 1. The summed E-state index contributed by atoms with van der Waals surface area (Å²) in [4.78, 5) is 19.0. The third-order valence-corrected chi connectivity index (χ3v) is 4.71. The molecule has 1 aliphatic heterocycles. The second kappa shape index (κ2) is 8.18. The molecule has 0 radical (unpaired) electrons. The molecule has 0 bridgehead atoms. The van der Waals surface area contributed by atoms with E-state index < -0.39 is 0 Å². The molecule has 2 aromatic heterocycles. The summed E-state index contributed by atoms with van der Waals surface area (Å²) in [6.45, 7) is 3.15. The molecule has 1 aliphatic rings. The molecule has 3 heterocycles. The molecule has 1 N–H and O–H groups in total. The Morgan fingerprint density at radius 1 is 1.11 bits per heavy atom.